The van der Waals surface area contributed by atoms with E-state index < -0.39 is 0 Å². The Morgan fingerprint density at radius 1 is 1.37 bits per heavy atom. The number of hydrogen-bond acceptors (Lipinski definition) is 2. The Bertz CT molecular complexity index is 392. The second-order valence-corrected chi connectivity index (χ2v) is 7.35. The summed E-state index contributed by atoms with van der Waals surface area (Å²) in [6.45, 7) is 5.47. The normalized spacial score (nSPS) is 27.7. The lowest BCUT2D eigenvalue weighted by atomic mass is 9.66. The fourth-order valence-corrected chi connectivity index (χ4v) is 3.50. The van der Waals surface area contributed by atoms with Gasteiger partial charge in [0.05, 0.1) is 0 Å². The van der Waals surface area contributed by atoms with Crippen LogP contribution < -0.4 is 5.73 Å². The highest BCUT2D eigenvalue weighted by molar-refractivity contribution is 9.10. The summed E-state index contributed by atoms with van der Waals surface area (Å²) in [4.78, 5) is 4.52. The summed E-state index contributed by atoms with van der Waals surface area (Å²) in [7, 11) is 0. The molecular weight excluding hydrogens is 300 g/mol. The number of halogens is 1. The van der Waals surface area contributed by atoms with Crippen LogP contribution in [0.4, 0.5) is 0 Å². The van der Waals surface area contributed by atoms with Gasteiger partial charge < -0.3 is 5.73 Å². The molecule has 1 aromatic rings. The predicted octanol–water partition coefficient (Wildman–Crippen LogP) is 4.18. The standard InChI is InChI=1S/C16H25BrN2/c1-12(2)13-5-7-16(11-18,8-6-13)9-15-4-3-14(17)10-19-15/h3-4,10,12-13H,5-9,11,18H2,1-2H3. The van der Waals surface area contributed by atoms with Crippen LogP contribution in [0.15, 0.2) is 22.8 Å². The van der Waals surface area contributed by atoms with Crippen molar-refractivity contribution in [3.8, 4) is 0 Å². The predicted molar refractivity (Wildman–Crippen MR) is 83.9 cm³/mol. The zero-order valence-corrected chi connectivity index (χ0v) is 13.6. The van der Waals surface area contributed by atoms with E-state index in [2.05, 4.69) is 46.9 Å². The van der Waals surface area contributed by atoms with Gasteiger partial charge in [0.15, 0.2) is 0 Å². The van der Waals surface area contributed by atoms with Crippen molar-refractivity contribution in [2.75, 3.05) is 6.54 Å². The highest BCUT2D eigenvalue weighted by Crippen LogP contribution is 2.42. The summed E-state index contributed by atoms with van der Waals surface area (Å²) in [5.41, 5.74) is 7.56. The van der Waals surface area contributed by atoms with Gasteiger partial charge in [-0.05, 0) is 84.0 Å². The lowest BCUT2D eigenvalue weighted by Gasteiger charge is -2.40. The van der Waals surface area contributed by atoms with Gasteiger partial charge in [-0.1, -0.05) is 13.8 Å². The van der Waals surface area contributed by atoms with Crippen molar-refractivity contribution in [2.24, 2.45) is 23.0 Å². The van der Waals surface area contributed by atoms with Gasteiger partial charge in [-0.15, -0.1) is 0 Å². The summed E-state index contributed by atoms with van der Waals surface area (Å²) in [5.74, 6) is 1.69. The highest BCUT2D eigenvalue weighted by Gasteiger charge is 2.35. The van der Waals surface area contributed by atoms with Gasteiger partial charge in [-0.2, -0.15) is 0 Å². The summed E-state index contributed by atoms with van der Waals surface area (Å²) >= 11 is 3.44. The molecule has 0 radical (unpaired) electrons. The molecule has 19 heavy (non-hydrogen) atoms. The van der Waals surface area contributed by atoms with Crippen LogP contribution in [0, 0.1) is 17.3 Å². The molecule has 0 aromatic carbocycles. The van der Waals surface area contributed by atoms with Gasteiger partial charge in [-0.25, -0.2) is 0 Å². The van der Waals surface area contributed by atoms with E-state index in [-0.39, 0.29) is 5.41 Å². The second-order valence-electron chi connectivity index (χ2n) is 6.43. The Hall–Kier alpha value is -0.410. The molecule has 1 fully saturated rings. The fourth-order valence-electron chi connectivity index (χ4n) is 3.27. The molecule has 0 spiro atoms. The third-order valence-electron chi connectivity index (χ3n) is 4.81. The van der Waals surface area contributed by atoms with Crippen LogP contribution in [0.5, 0.6) is 0 Å². The maximum atomic E-state index is 6.10. The molecule has 2 rings (SSSR count). The number of nitrogens with zero attached hydrogens (tertiary/aromatic N) is 1. The summed E-state index contributed by atoms with van der Waals surface area (Å²) in [6, 6.07) is 4.20. The number of nitrogens with two attached hydrogens (primary N) is 1. The first-order valence-electron chi connectivity index (χ1n) is 7.35. The molecule has 0 atom stereocenters. The Morgan fingerprint density at radius 3 is 2.53 bits per heavy atom. The molecule has 1 aromatic heterocycles. The van der Waals surface area contributed by atoms with Crippen LogP contribution >= 0.6 is 15.9 Å². The van der Waals surface area contributed by atoms with E-state index in [4.69, 9.17) is 5.73 Å². The van der Waals surface area contributed by atoms with E-state index in [9.17, 15) is 0 Å². The maximum absolute atomic E-state index is 6.10. The van der Waals surface area contributed by atoms with Gasteiger partial charge in [0.1, 0.15) is 0 Å². The Morgan fingerprint density at radius 2 is 2.05 bits per heavy atom. The minimum atomic E-state index is 0.284. The van der Waals surface area contributed by atoms with Crippen molar-refractivity contribution in [1.29, 1.82) is 0 Å². The number of hydrogen-bond donors (Lipinski definition) is 1. The van der Waals surface area contributed by atoms with Crippen LogP contribution in [0.3, 0.4) is 0 Å². The first-order chi connectivity index (χ1) is 9.04. The molecule has 3 heteroatoms. The Kier molecular flexibility index (Phi) is 5.02. The van der Waals surface area contributed by atoms with Crippen molar-refractivity contribution in [2.45, 2.75) is 46.0 Å². The van der Waals surface area contributed by atoms with Gasteiger partial charge >= 0.3 is 0 Å². The summed E-state index contributed by atoms with van der Waals surface area (Å²) < 4.78 is 1.04. The van der Waals surface area contributed by atoms with E-state index >= 15 is 0 Å². The van der Waals surface area contributed by atoms with Crippen molar-refractivity contribution >= 4 is 15.9 Å². The van der Waals surface area contributed by atoms with Gasteiger partial charge in [0, 0.05) is 16.4 Å². The quantitative estimate of drug-likeness (QED) is 0.902. The molecule has 2 nitrogen and oxygen atoms in total. The summed E-state index contributed by atoms with van der Waals surface area (Å²) in [6.07, 6.45) is 8.08. The van der Waals surface area contributed by atoms with Gasteiger partial charge in [0.25, 0.3) is 0 Å². The molecule has 0 unspecified atom stereocenters. The first kappa shape index (κ1) is 15.0. The maximum Gasteiger partial charge on any atom is 0.0413 e. The van der Waals surface area contributed by atoms with Crippen molar-refractivity contribution in [3.05, 3.63) is 28.5 Å². The lowest BCUT2D eigenvalue weighted by Crippen LogP contribution is -2.37. The second kappa shape index (κ2) is 6.36. The van der Waals surface area contributed by atoms with E-state index in [1.807, 2.05) is 6.20 Å². The highest BCUT2D eigenvalue weighted by atomic mass is 79.9. The zero-order valence-electron chi connectivity index (χ0n) is 12.0. The largest absolute Gasteiger partial charge is 0.330 e. The van der Waals surface area contributed by atoms with Crippen LogP contribution in [-0.4, -0.2) is 11.5 Å². The van der Waals surface area contributed by atoms with Gasteiger partial charge in [0.2, 0.25) is 0 Å². The van der Waals surface area contributed by atoms with E-state index in [0.29, 0.717) is 0 Å². The smallest absolute Gasteiger partial charge is 0.0413 e. The molecular formula is C16H25BrN2. The zero-order chi connectivity index (χ0) is 13.9. The lowest BCUT2D eigenvalue weighted by molar-refractivity contribution is 0.131. The van der Waals surface area contributed by atoms with Crippen LogP contribution in [0.2, 0.25) is 0 Å². The Balaban J connectivity index is 2.02. The average molecular weight is 325 g/mol. The summed E-state index contributed by atoms with van der Waals surface area (Å²) in [5, 5.41) is 0. The van der Waals surface area contributed by atoms with E-state index in [1.54, 1.807) is 0 Å². The molecule has 0 amide bonds. The van der Waals surface area contributed by atoms with E-state index in [1.165, 1.54) is 31.4 Å². The molecule has 1 aliphatic rings. The van der Waals surface area contributed by atoms with Crippen molar-refractivity contribution < 1.29 is 0 Å². The third-order valence-corrected chi connectivity index (χ3v) is 5.28. The minimum absolute atomic E-state index is 0.284. The average Bonchev–Trinajstić information content (AvgIpc) is 2.42. The minimum Gasteiger partial charge on any atom is -0.330 e. The van der Waals surface area contributed by atoms with E-state index in [0.717, 1.165) is 29.3 Å². The first-order valence-corrected chi connectivity index (χ1v) is 8.14. The number of aromatic nitrogens is 1. The van der Waals surface area contributed by atoms with Crippen molar-refractivity contribution in [3.63, 3.8) is 0 Å². The number of rotatable bonds is 4. The van der Waals surface area contributed by atoms with Crippen molar-refractivity contribution in [1.82, 2.24) is 4.98 Å². The molecule has 0 bridgehead atoms. The molecule has 1 heterocycles. The van der Waals surface area contributed by atoms with Gasteiger partial charge in [-0.3, -0.25) is 4.98 Å². The fraction of sp³-hybridized carbons (Fsp3) is 0.688. The topological polar surface area (TPSA) is 38.9 Å². The molecule has 2 N–H and O–H groups in total. The molecule has 106 valence electrons. The van der Waals surface area contributed by atoms with Crippen LogP contribution in [0.1, 0.15) is 45.2 Å². The molecule has 1 saturated carbocycles. The molecule has 0 saturated heterocycles. The Labute approximate surface area is 125 Å². The SMILES string of the molecule is CC(C)C1CCC(CN)(Cc2ccc(Br)cn2)CC1. The van der Waals surface area contributed by atoms with Crippen LogP contribution in [0.25, 0.3) is 0 Å². The molecule has 0 aliphatic heterocycles. The molecule has 1 aliphatic carbocycles. The monoisotopic (exact) mass is 324 g/mol. The van der Waals surface area contributed by atoms with Crippen LogP contribution in [-0.2, 0) is 6.42 Å². The third kappa shape index (κ3) is 3.79. The number of pyridine rings is 1.